The van der Waals surface area contributed by atoms with Crippen molar-refractivity contribution < 1.29 is 23.8 Å². The average Bonchev–Trinajstić information content (AvgIpc) is 2.63. The molecule has 2 rings (SSSR count). The first-order valence-corrected chi connectivity index (χ1v) is 7.72. The zero-order valence-electron chi connectivity index (χ0n) is 14.0. The molecule has 2 amide bonds. The summed E-state index contributed by atoms with van der Waals surface area (Å²) in [5.74, 6) is -0.711. The first-order valence-electron chi connectivity index (χ1n) is 7.72. The number of rotatable bonds is 7. The number of benzene rings is 2. The number of phenols is 1. The Bertz CT molecular complexity index is 807. The number of nitrogens with one attached hydrogen (secondary N) is 2. The minimum Gasteiger partial charge on any atom is -0.507 e. The van der Waals surface area contributed by atoms with Gasteiger partial charge in [-0.25, -0.2) is 9.82 Å². The van der Waals surface area contributed by atoms with Crippen molar-refractivity contribution in [3.05, 3.63) is 53.8 Å². The van der Waals surface area contributed by atoms with Gasteiger partial charge in [-0.2, -0.15) is 5.10 Å². The third-order valence-electron chi connectivity index (χ3n) is 3.33. The van der Waals surface area contributed by atoms with Crippen molar-refractivity contribution in [2.75, 3.05) is 12.4 Å². The maximum Gasteiger partial charge on any atom is 0.240 e. The van der Waals surface area contributed by atoms with Crippen molar-refractivity contribution in [2.45, 2.75) is 12.8 Å². The molecule has 0 spiro atoms. The summed E-state index contributed by atoms with van der Waals surface area (Å²) in [6.45, 7) is 0. The zero-order chi connectivity index (χ0) is 18.9. The molecule has 8 heteroatoms. The summed E-state index contributed by atoms with van der Waals surface area (Å²) in [6.07, 6.45) is 1.14. The number of carbonyl (C=O) groups is 2. The number of amides is 2. The summed E-state index contributed by atoms with van der Waals surface area (Å²) in [5, 5.41) is 16.0. The molecule has 0 aliphatic heterocycles. The van der Waals surface area contributed by atoms with Gasteiger partial charge in [0.25, 0.3) is 0 Å². The number of hydrogen-bond donors (Lipinski definition) is 3. The highest BCUT2D eigenvalue weighted by molar-refractivity contribution is 5.93. The summed E-state index contributed by atoms with van der Waals surface area (Å²) in [6, 6.07) is 9.90. The number of ether oxygens (including phenoxy) is 1. The van der Waals surface area contributed by atoms with Crippen molar-refractivity contribution in [1.29, 1.82) is 0 Å². The predicted molar refractivity (Wildman–Crippen MR) is 94.7 cm³/mol. The summed E-state index contributed by atoms with van der Waals surface area (Å²) < 4.78 is 17.8. The van der Waals surface area contributed by atoms with Gasteiger partial charge in [0, 0.05) is 24.1 Å². The van der Waals surface area contributed by atoms with E-state index < -0.39 is 11.7 Å². The second-order valence-electron chi connectivity index (χ2n) is 5.27. The van der Waals surface area contributed by atoms with Crippen molar-refractivity contribution in [1.82, 2.24) is 5.43 Å². The highest BCUT2D eigenvalue weighted by atomic mass is 19.1. The Hall–Kier alpha value is -3.42. The minimum absolute atomic E-state index is 0.0116. The van der Waals surface area contributed by atoms with Gasteiger partial charge in [0.05, 0.1) is 13.3 Å². The smallest absolute Gasteiger partial charge is 0.240 e. The Labute approximate surface area is 149 Å². The van der Waals surface area contributed by atoms with Gasteiger partial charge in [-0.3, -0.25) is 9.59 Å². The van der Waals surface area contributed by atoms with Crippen LogP contribution in [0, 0.1) is 5.82 Å². The summed E-state index contributed by atoms with van der Waals surface area (Å²) in [4.78, 5) is 23.4. The van der Waals surface area contributed by atoms with Crippen LogP contribution in [0.2, 0.25) is 0 Å². The lowest BCUT2D eigenvalue weighted by Crippen LogP contribution is -2.20. The lowest BCUT2D eigenvalue weighted by molar-refractivity contribution is -0.124. The van der Waals surface area contributed by atoms with Crippen LogP contribution in [-0.2, 0) is 9.59 Å². The van der Waals surface area contributed by atoms with Crippen molar-refractivity contribution in [3.63, 3.8) is 0 Å². The van der Waals surface area contributed by atoms with E-state index in [1.807, 2.05) is 0 Å². The number of phenolic OH excluding ortho intramolecular Hbond substituents is 1. The molecule has 0 saturated heterocycles. The molecule has 3 N–H and O–H groups in total. The number of halogens is 1. The summed E-state index contributed by atoms with van der Waals surface area (Å²) in [7, 11) is 1.49. The number of methoxy groups -OCH3 is 1. The van der Waals surface area contributed by atoms with E-state index >= 15 is 0 Å². The second-order valence-corrected chi connectivity index (χ2v) is 5.27. The van der Waals surface area contributed by atoms with E-state index in [1.165, 1.54) is 43.7 Å². The fraction of sp³-hybridized carbons (Fsp3) is 0.167. The highest BCUT2D eigenvalue weighted by Crippen LogP contribution is 2.20. The number of anilines is 1. The summed E-state index contributed by atoms with van der Waals surface area (Å²) >= 11 is 0. The van der Waals surface area contributed by atoms with Crippen LogP contribution in [0.4, 0.5) is 10.1 Å². The number of aromatic hydroxyl groups is 1. The minimum atomic E-state index is -0.460. The number of carbonyl (C=O) groups excluding carboxylic acids is 2. The van der Waals surface area contributed by atoms with Crippen LogP contribution in [-0.4, -0.2) is 30.2 Å². The van der Waals surface area contributed by atoms with Crippen LogP contribution < -0.4 is 15.5 Å². The molecule has 0 bridgehead atoms. The molecule has 7 nitrogen and oxygen atoms in total. The number of hydrogen-bond acceptors (Lipinski definition) is 5. The molecule has 0 fully saturated rings. The monoisotopic (exact) mass is 359 g/mol. The average molecular weight is 359 g/mol. The molecule has 0 aliphatic rings. The van der Waals surface area contributed by atoms with Gasteiger partial charge in [-0.15, -0.1) is 0 Å². The van der Waals surface area contributed by atoms with Crippen LogP contribution in [0.25, 0.3) is 0 Å². The quantitative estimate of drug-likeness (QED) is 0.522. The van der Waals surface area contributed by atoms with Crippen LogP contribution in [0.3, 0.4) is 0 Å². The van der Waals surface area contributed by atoms with Crippen molar-refractivity contribution >= 4 is 23.7 Å². The highest BCUT2D eigenvalue weighted by Gasteiger charge is 2.07. The normalized spacial score (nSPS) is 10.5. The molecule has 0 aliphatic carbocycles. The number of nitrogens with zero attached hydrogens (tertiary/aromatic N) is 1. The third-order valence-corrected chi connectivity index (χ3v) is 3.33. The Kier molecular flexibility index (Phi) is 6.67. The van der Waals surface area contributed by atoms with E-state index in [0.717, 1.165) is 0 Å². The van der Waals surface area contributed by atoms with Gasteiger partial charge in [0.2, 0.25) is 11.8 Å². The molecule has 0 heterocycles. The van der Waals surface area contributed by atoms with Gasteiger partial charge in [-0.1, -0.05) is 0 Å². The van der Waals surface area contributed by atoms with E-state index in [4.69, 9.17) is 4.74 Å². The number of hydrazone groups is 1. The van der Waals surface area contributed by atoms with Crippen LogP contribution in [0.1, 0.15) is 18.4 Å². The fourth-order valence-electron chi connectivity index (χ4n) is 1.98. The van der Waals surface area contributed by atoms with Gasteiger partial charge in [0.1, 0.15) is 17.3 Å². The molecule has 0 unspecified atom stereocenters. The lowest BCUT2D eigenvalue weighted by Gasteiger charge is -2.05. The fourth-order valence-corrected chi connectivity index (χ4v) is 1.98. The molecule has 2 aromatic rings. The van der Waals surface area contributed by atoms with Crippen LogP contribution >= 0.6 is 0 Å². The molecule has 0 aromatic heterocycles. The Morgan fingerprint density at radius 2 is 1.85 bits per heavy atom. The molecular weight excluding hydrogens is 341 g/mol. The van der Waals surface area contributed by atoms with Crippen molar-refractivity contribution in [3.8, 4) is 11.5 Å². The Balaban J connectivity index is 1.78. The van der Waals surface area contributed by atoms with E-state index in [0.29, 0.717) is 17.0 Å². The van der Waals surface area contributed by atoms with E-state index in [-0.39, 0.29) is 24.5 Å². The Morgan fingerprint density at radius 1 is 1.15 bits per heavy atom. The van der Waals surface area contributed by atoms with Crippen molar-refractivity contribution in [2.24, 2.45) is 5.10 Å². The topological polar surface area (TPSA) is 100 Å². The third kappa shape index (κ3) is 5.90. The van der Waals surface area contributed by atoms with E-state index in [1.54, 1.807) is 12.1 Å². The molecule has 2 aromatic carbocycles. The SMILES string of the molecule is COc1ccc(O)c(/C=N/NC(=O)CCC(=O)Nc2ccc(F)cc2)c1. The molecule has 26 heavy (non-hydrogen) atoms. The molecule has 0 radical (unpaired) electrons. The lowest BCUT2D eigenvalue weighted by atomic mass is 10.2. The van der Waals surface area contributed by atoms with Gasteiger partial charge >= 0.3 is 0 Å². The standard InChI is InChI=1S/C18H18FN3O4/c1-26-15-6-7-16(23)12(10-15)11-20-22-18(25)9-8-17(24)21-14-4-2-13(19)3-5-14/h2-7,10-11,23H,8-9H2,1H3,(H,21,24)(H,22,25)/b20-11+. The summed E-state index contributed by atoms with van der Waals surface area (Å²) in [5.41, 5.74) is 3.09. The van der Waals surface area contributed by atoms with Crippen LogP contribution in [0.15, 0.2) is 47.6 Å². The molecular formula is C18H18FN3O4. The van der Waals surface area contributed by atoms with Crippen LogP contribution in [0.5, 0.6) is 11.5 Å². The van der Waals surface area contributed by atoms with Gasteiger partial charge in [0.15, 0.2) is 0 Å². The molecule has 136 valence electrons. The molecule has 0 saturated carbocycles. The second kappa shape index (κ2) is 9.16. The maximum atomic E-state index is 12.8. The first kappa shape index (κ1) is 18.9. The molecule has 0 atom stereocenters. The van der Waals surface area contributed by atoms with Gasteiger partial charge < -0.3 is 15.2 Å². The maximum absolute atomic E-state index is 12.8. The Morgan fingerprint density at radius 3 is 2.54 bits per heavy atom. The predicted octanol–water partition coefficient (Wildman–Crippen LogP) is 2.41. The van der Waals surface area contributed by atoms with E-state index in [2.05, 4.69) is 15.8 Å². The van der Waals surface area contributed by atoms with E-state index in [9.17, 15) is 19.1 Å². The first-order chi connectivity index (χ1) is 12.5. The largest absolute Gasteiger partial charge is 0.507 e. The van der Waals surface area contributed by atoms with Gasteiger partial charge in [-0.05, 0) is 42.5 Å². The zero-order valence-corrected chi connectivity index (χ0v) is 14.0.